The van der Waals surface area contributed by atoms with Gasteiger partial charge in [0.05, 0.1) is 12.0 Å². The number of aromatic nitrogens is 1. The van der Waals surface area contributed by atoms with Crippen LogP contribution in [0.1, 0.15) is 34.9 Å². The fourth-order valence-corrected chi connectivity index (χ4v) is 4.67. The van der Waals surface area contributed by atoms with Crippen LogP contribution in [0.15, 0.2) is 66.3 Å². The number of carbonyl (C=O) groups is 2. The van der Waals surface area contributed by atoms with E-state index in [1.165, 1.54) is 0 Å². The number of nitrogens with zero attached hydrogens (tertiary/aromatic N) is 2. The van der Waals surface area contributed by atoms with Crippen molar-refractivity contribution >= 4 is 28.8 Å². The van der Waals surface area contributed by atoms with Crippen LogP contribution in [0.4, 0.5) is 5.69 Å². The highest BCUT2D eigenvalue weighted by Gasteiger charge is 2.41. The molecule has 29 heavy (non-hydrogen) atoms. The molecule has 6 heteroatoms. The van der Waals surface area contributed by atoms with E-state index in [0.717, 1.165) is 21.7 Å². The number of benzene rings is 1. The van der Waals surface area contributed by atoms with Gasteiger partial charge in [-0.1, -0.05) is 29.8 Å². The van der Waals surface area contributed by atoms with Crippen LogP contribution in [-0.2, 0) is 16.1 Å². The SMILES string of the molecule is Cc1ccc(N2C(=O)CC[C@H](C(=O)NCc3cccnc3)[C@@H]2c2cccs2)cc1. The van der Waals surface area contributed by atoms with Crippen LogP contribution in [-0.4, -0.2) is 16.8 Å². The number of nitrogens with one attached hydrogen (secondary N) is 1. The summed E-state index contributed by atoms with van der Waals surface area (Å²) in [6.45, 7) is 2.45. The maximum atomic E-state index is 13.1. The Kier molecular flexibility index (Phi) is 5.71. The molecule has 1 fully saturated rings. The number of aryl methyl sites for hydroxylation is 1. The number of anilines is 1. The van der Waals surface area contributed by atoms with Crippen molar-refractivity contribution in [3.05, 3.63) is 82.3 Å². The molecule has 1 aliphatic heterocycles. The van der Waals surface area contributed by atoms with E-state index >= 15 is 0 Å². The number of hydrogen-bond acceptors (Lipinski definition) is 4. The topological polar surface area (TPSA) is 62.3 Å². The van der Waals surface area contributed by atoms with Gasteiger partial charge in [0.1, 0.15) is 0 Å². The quantitative estimate of drug-likeness (QED) is 0.690. The van der Waals surface area contributed by atoms with Gasteiger partial charge in [-0.3, -0.25) is 14.6 Å². The fourth-order valence-electron chi connectivity index (χ4n) is 3.78. The molecule has 0 radical (unpaired) electrons. The fraction of sp³-hybridized carbons (Fsp3) is 0.261. The first kappa shape index (κ1) is 19.3. The highest BCUT2D eigenvalue weighted by Crippen LogP contribution is 2.41. The van der Waals surface area contributed by atoms with Gasteiger partial charge in [0, 0.05) is 35.9 Å². The number of pyridine rings is 1. The van der Waals surface area contributed by atoms with Crippen LogP contribution in [0.2, 0.25) is 0 Å². The molecule has 0 saturated carbocycles. The minimum atomic E-state index is -0.302. The lowest BCUT2D eigenvalue weighted by atomic mass is 9.86. The summed E-state index contributed by atoms with van der Waals surface area (Å²) >= 11 is 1.58. The number of thiophene rings is 1. The van der Waals surface area contributed by atoms with Gasteiger partial charge in [-0.05, 0) is 48.6 Å². The highest BCUT2D eigenvalue weighted by molar-refractivity contribution is 7.10. The highest BCUT2D eigenvalue weighted by atomic mass is 32.1. The van der Waals surface area contributed by atoms with Gasteiger partial charge in [0.25, 0.3) is 0 Å². The predicted octanol–water partition coefficient (Wildman–Crippen LogP) is 4.25. The molecule has 148 valence electrons. The number of piperidine rings is 1. The van der Waals surface area contributed by atoms with Gasteiger partial charge in [-0.15, -0.1) is 11.3 Å². The largest absolute Gasteiger partial charge is 0.352 e. The van der Waals surface area contributed by atoms with Gasteiger partial charge in [-0.2, -0.15) is 0 Å². The van der Waals surface area contributed by atoms with Crippen LogP contribution in [0.5, 0.6) is 0 Å². The molecule has 3 heterocycles. The third kappa shape index (κ3) is 4.22. The van der Waals surface area contributed by atoms with Crippen molar-refractivity contribution in [2.45, 2.75) is 32.4 Å². The van der Waals surface area contributed by atoms with E-state index in [1.807, 2.05) is 65.7 Å². The van der Waals surface area contributed by atoms with Crippen molar-refractivity contribution in [1.82, 2.24) is 10.3 Å². The van der Waals surface area contributed by atoms with Gasteiger partial charge < -0.3 is 10.2 Å². The normalized spacial score (nSPS) is 19.2. The molecule has 1 N–H and O–H groups in total. The third-order valence-electron chi connectivity index (χ3n) is 5.27. The van der Waals surface area contributed by atoms with Crippen LogP contribution < -0.4 is 10.2 Å². The minimum Gasteiger partial charge on any atom is -0.352 e. The van der Waals surface area contributed by atoms with E-state index in [0.29, 0.717) is 19.4 Å². The molecule has 2 aromatic heterocycles. The van der Waals surface area contributed by atoms with E-state index in [-0.39, 0.29) is 23.8 Å². The van der Waals surface area contributed by atoms with E-state index in [9.17, 15) is 9.59 Å². The van der Waals surface area contributed by atoms with Crippen molar-refractivity contribution in [2.24, 2.45) is 5.92 Å². The van der Waals surface area contributed by atoms with Crippen molar-refractivity contribution in [3.63, 3.8) is 0 Å². The Balaban J connectivity index is 1.62. The predicted molar refractivity (Wildman–Crippen MR) is 115 cm³/mol. The molecule has 0 aliphatic carbocycles. The van der Waals surface area contributed by atoms with Crippen molar-refractivity contribution < 1.29 is 9.59 Å². The molecule has 0 spiro atoms. The molecular formula is C23H23N3O2S. The Morgan fingerprint density at radius 1 is 1.21 bits per heavy atom. The number of carbonyl (C=O) groups excluding carboxylic acids is 2. The van der Waals surface area contributed by atoms with Crippen molar-refractivity contribution in [1.29, 1.82) is 0 Å². The number of amides is 2. The van der Waals surface area contributed by atoms with E-state index in [1.54, 1.807) is 23.7 Å². The average molecular weight is 406 g/mol. The van der Waals surface area contributed by atoms with Crippen LogP contribution in [0.25, 0.3) is 0 Å². The number of hydrogen-bond donors (Lipinski definition) is 1. The van der Waals surface area contributed by atoms with E-state index in [4.69, 9.17) is 0 Å². The minimum absolute atomic E-state index is 0.0307. The lowest BCUT2D eigenvalue weighted by Gasteiger charge is -2.40. The van der Waals surface area contributed by atoms with Crippen LogP contribution in [0, 0.1) is 12.8 Å². The van der Waals surface area contributed by atoms with E-state index < -0.39 is 0 Å². The summed E-state index contributed by atoms with van der Waals surface area (Å²) in [5.74, 6) is -0.273. The molecule has 4 rings (SSSR count). The summed E-state index contributed by atoms with van der Waals surface area (Å²) in [6, 6.07) is 15.4. The summed E-state index contributed by atoms with van der Waals surface area (Å²) < 4.78 is 0. The van der Waals surface area contributed by atoms with Gasteiger partial charge >= 0.3 is 0 Å². The van der Waals surface area contributed by atoms with E-state index in [2.05, 4.69) is 10.3 Å². The first-order valence-corrected chi connectivity index (χ1v) is 10.6. The molecule has 0 bridgehead atoms. The maximum absolute atomic E-state index is 13.1. The third-order valence-corrected chi connectivity index (χ3v) is 6.21. The second-order valence-corrected chi connectivity index (χ2v) is 8.26. The zero-order chi connectivity index (χ0) is 20.2. The molecule has 5 nitrogen and oxygen atoms in total. The first-order valence-electron chi connectivity index (χ1n) is 9.72. The van der Waals surface area contributed by atoms with Crippen molar-refractivity contribution in [3.8, 4) is 0 Å². The van der Waals surface area contributed by atoms with Gasteiger partial charge in [-0.25, -0.2) is 0 Å². The zero-order valence-corrected chi connectivity index (χ0v) is 17.1. The molecular weight excluding hydrogens is 382 g/mol. The van der Waals surface area contributed by atoms with Gasteiger partial charge in [0.15, 0.2) is 0 Å². The molecule has 3 aromatic rings. The Bertz CT molecular complexity index is 971. The van der Waals surface area contributed by atoms with Gasteiger partial charge in [0.2, 0.25) is 11.8 Å². The zero-order valence-electron chi connectivity index (χ0n) is 16.2. The Hall–Kier alpha value is -2.99. The summed E-state index contributed by atoms with van der Waals surface area (Å²) in [4.78, 5) is 33.0. The Labute approximate surface area is 174 Å². The summed E-state index contributed by atoms with van der Waals surface area (Å²) in [6.07, 6.45) is 4.37. The molecule has 1 aliphatic rings. The lowest BCUT2D eigenvalue weighted by Crippen LogP contribution is -2.48. The molecule has 1 aromatic carbocycles. The van der Waals surface area contributed by atoms with Crippen molar-refractivity contribution in [2.75, 3.05) is 4.90 Å². The summed E-state index contributed by atoms with van der Waals surface area (Å²) in [5, 5.41) is 5.04. The summed E-state index contributed by atoms with van der Waals surface area (Å²) in [5.41, 5.74) is 2.93. The first-order chi connectivity index (χ1) is 14.1. The number of rotatable bonds is 5. The molecule has 0 unspecified atom stereocenters. The van der Waals surface area contributed by atoms with Crippen LogP contribution >= 0.6 is 11.3 Å². The standard InChI is InChI=1S/C23H23N3O2S/c1-16-6-8-18(9-7-16)26-21(27)11-10-19(22(26)20-5-3-13-29-20)23(28)25-15-17-4-2-12-24-14-17/h2-9,12-14,19,22H,10-11,15H2,1H3,(H,25,28)/t19-,22+/m0/s1. The molecule has 1 saturated heterocycles. The molecule has 2 atom stereocenters. The second-order valence-electron chi connectivity index (χ2n) is 7.28. The second kappa shape index (κ2) is 8.57. The maximum Gasteiger partial charge on any atom is 0.227 e. The Morgan fingerprint density at radius 3 is 2.72 bits per heavy atom. The average Bonchev–Trinajstić information content (AvgIpc) is 3.28. The summed E-state index contributed by atoms with van der Waals surface area (Å²) in [7, 11) is 0. The Morgan fingerprint density at radius 2 is 2.03 bits per heavy atom. The monoisotopic (exact) mass is 405 g/mol. The molecule has 2 amide bonds. The smallest absolute Gasteiger partial charge is 0.227 e. The van der Waals surface area contributed by atoms with Crippen LogP contribution in [0.3, 0.4) is 0 Å². The lowest BCUT2D eigenvalue weighted by molar-refractivity contribution is -0.129.